The van der Waals surface area contributed by atoms with Crippen LogP contribution >= 0.6 is 0 Å². The van der Waals surface area contributed by atoms with Gasteiger partial charge in [0.05, 0.1) is 74.1 Å². The van der Waals surface area contributed by atoms with Gasteiger partial charge in [-0.2, -0.15) is 0 Å². The number of aryl methyl sites for hydroxylation is 2. The van der Waals surface area contributed by atoms with Crippen molar-refractivity contribution < 1.29 is 105 Å². The van der Waals surface area contributed by atoms with Crippen LogP contribution in [0.4, 0.5) is 0 Å². The summed E-state index contributed by atoms with van der Waals surface area (Å²) >= 11 is 0. The molecule has 0 spiro atoms. The first-order valence-corrected chi connectivity index (χ1v) is 31.9. The van der Waals surface area contributed by atoms with Crippen LogP contribution in [-0.4, -0.2) is 129 Å². The van der Waals surface area contributed by atoms with E-state index in [1.54, 1.807) is 36.4 Å². The van der Waals surface area contributed by atoms with Crippen molar-refractivity contribution in [2.45, 2.75) is 220 Å². The minimum absolute atomic E-state index is 0. The Labute approximate surface area is 567 Å². The second kappa shape index (κ2) is 29.8. The third kappa shape index (κ3) is 15.5. The molecule has 4 aliphatic heterocycles. The third-order valence-corrected chi connectivity index (χ3v) is 19.9. The fraction of sp³-hybridized carbons (Fsp3) is 0.686. The maximum atomic E-state index is 14.3. The average Bonchev–Trinajstić information content (AvgIpc) is 1.08. The van der Waals surface area contributed by atoms with E-state index in [1.807, 2.05) is 74.9 Å². The van der Waals surface area contributed by atoms with Gasteiger partial charge in [-0.05, 0) is 148 Å². The molecule has 4 aromatic rings. The fourth-order valence-corrected chi connectivity index (χ4v) is 14.7. The number of benzene rings is 2. The molecule has 11 rings (SSSR count). The number of hydrogen-bond acceptors (Lipinski definition) is 16. The minimum Gasteiger partial charge on any atom is -0.540 e. The van der Waals surface area contributed by atoms with E-state index in [0.29, 0.717) is 90.3 Å². The summed E-state index contributed by atoms with van der Waals surface area (Å²) < 4.78 is 108. The Morgan fingerprint density at radius 3 is 1.56 bits per heavy atom. The average molecular weight is 1320 g/mol. The number of fused-ring (bicyclic) bond motifs is 12. The Morgan fingerprint density at radius 2 is 1.09 bits per heavy atom. The van der Waals surface area contributed by atoms with Crippen LogP contribution in [0.1, 0.15) is 194 Å². The number of methoxy groups -OCH3 is 2. The number of carbonyl (C=O) groups excluding carboxylic acids is 6. The summed E-state index contributed by atoms with van der Waals surface area (Å²) in [7, 11) is 3.03. The molecule has 14 atom stereocenters. The zero-order chi connectivity index (χ0) is 70.0. The summed E-state index contributed by atoms with van der Waals surface area (Å²) in [6.07, 6.45) is -1.52. The van der Waals surface area contributed by atoms with Crippen molar-refractivity contribution in [1.29, 1.82) is 0 Å². The van der Waals surface area contributed by atoms with Gasteiger partial charge in [-0.3, -0.25) is 19.2 Å². The van der Waals surface area contributed by atoms with Crippen molar-refractivity contribution in [2.75, 3.05) is 27.3 Å². The predicted octanol–water partition coefficient (Wildman–Crippen LogP) is 11.5. The van der Waals surface area contributed by atoms with Gasteiger partial charge in [0, 0.05) is 60.2 Å². The Hall–Kier alpha value is -5.29. The maximum absolute atomic E-state index is 14.3. The fourth-order valence-electron chi connectivity index (χ4n) is 14.7. The van der Waals surface area contributed by atoms with Crippen LogP contribution in [-0.2, 0) is 88.1 Å². The van der Waals surface area contributed by atoms with E-state index in [2.05, 4.69) is 19.9 Å². The third-order valence-electron chi connectivity index (χ3n) is 19.9. The summed E-state index contributed by atoms with van der Waals surface area (Å²) in [6, 6.07) is 7.95. The Kier molecular flexibility index (Phi) is 19.7. The summed E-state index contributed by atoms with van der Waals surface area (Å²) in [4.78, 5) is 102. The topological polar surface area (TPSA) is 216 Å². The number of amides is 2. The van der Waals surface area contributed by atoms with Crippen molar-refractivity contribution in [2.24, 2.45) is 58.2 Å². The predicted molar refractivity (Wildman–Crippen MR) is 332 cm³/mol. The van der Waals surface area contributed by atoms with E-state index in [1.165, 1.54) is 24.0 Å². The van der Waals surface area contributed by atoms with Crippen molar-refractivity contribution in [3.05, 3.63) is 47.8 Å². The van der Waals surface area contributed by atoms with Crippen LogP contribution < -0.4 is 18.9 Å². The number of esters is 2. The van der Waals surface area contributed by atoms with Gasteiger partial charge < -0.3 is 47.8 Å². The molecule has 2 amide bonds. The smallest absolute Gasteiger partial charge is 0.307 e. The van der Waals surface area contributed by atoms with Gasteiger partial charge in [0.1, 0.15) is 46.8 Å². The van der Waals surface area contributed by atoms with Crippen molar-refractivity contribution in [3.8, 4) is 23.3 Å². The molecule has 2 aromatic heterocycles. The van der Waals surface area contributed by atoms with Crippen molar-refractivity contribution >= 4 is 58.4 Å². The van der Waals surface area contributed by atoms with Gasteiger partial charge in [-0.1, -0.05) is 106 Å². The summed E-state index contributed by atoms with van der Waals surface area (Å²) in [5.74, 6) is -2.81. The van der Waals surface area contributed by atoms with E-state index in [0.717, 1.165) is 25.7 Å². The quantitative estimate of drug-likeness (QED) is 0.130. The van der Waals surface area contributed by atoms with E-state index in [4.69, 9.17) is 36.6 Å². The second-order valence-corrected chi connectivity index (χ2v) is 27.6. The normalized spacial score (nSPS) is 34.5. The van der Waals surface area contributed by atoms with Crippen molar-refractivity contribution in [1.82, 2.24) is 29.7 Å². The molecule has 488 valence electrons. The maximum Gasteiger partial charge on any atom is 0.307 e. The Balaban J connectivity index is 0.000000245. The van der Waals surface area contributed by atoms with E-state index in [-0.39, 0.29) is 129 Å². The molecule has 3 aliphatic carbocycles. The van der Waals surface area contributed by atoms with Crippen LogP contribution in [0.5, 0.6) is 23.3 Å². The van der Waals surface area contributed by atoms with Gasteiger partial charge in [0.15, 0.2) is 0 Å². The first kappa shape index (κ1) is 59.7. The molecule has 2 radical (unpaired) electrons. The molecule has 18 nitrogen and oxygen atoms in total. The molecular weight excluding hydrogens is 1220 g/mol. The summed E-state index contributed by atoms with van der Waals surface area (Å²) in [5.41, 5.74) is -1.21. The van der Waals surface area contributed by atoms with Crippen LogP contribution in [0.25, 0.3) is 22.1 Å². The number of carbonyl (C=O) groups is 4. The number of hydrogen-bond donors (Lipinski definition) is 0. The Morgan fingerprint density at radius 1 is 0.611 bits per heavy atom. The van der Waals surface area contributed by atoms with Gasteiger partial charge >= 0.3 is 11.9 Å². The first-order chi connectivity index (χ1) is 45.0. The zero-order valence-electron chi connectivity index (χ0n) is 62.0. The standard InChI is InChI=1S/C35H46N3O6.C35H48N3O6.2V/c1-6-22-29(19-39)38-18-31(22)44-33-27(36-26-13-12-21(42-5)16-28(26)37-33)11-9-7-8-10-23-24-14-20(24)15-30(23)43-32(40)17-25(34(38)41)35(2,3)4;1-7-24-29(21-39)38-20-30(24)43-32-27(36-26-16-15-23(42-6)18-28(26)37-32)14-10-8-9-12-22-13-11-17-35(22,5)44-31(40)19-25(33(38)41)34(2,3)4;;/h12-13,16,20,22-25,29-31H,6-11,14-15,17-18H2,1-5H3;15-16,18,22,24-25,29-30H,7-14,17,19-20H2,1-6H3;;/q2*-1;;/t20?,22-,23+,24?,25+,29+,30+,31-;22-,24+,25-,29-,30+,35-;;/m01../s1/i9D2,11D2;10D2,14D2;;. The number of aromatic nitrogens is 4. The summed E-state index contributed by atoms with van der Waals surface area (Å²) in [6.45, 7) is 16.9. The van der Waals surface area contributed by atoms with E-state index < -0.39 is 102 Å². The molecule has 6 heterocycles. The molecule has 7 aliphatic rings. The molecule has 4 bridgehead atoms. The second-order valence-electron chi connectivity index (χ2n) is 27.6. The number of nitrogens with zero attached hydrogens (tertiary/aromatic N) is 6. The van der Waals surface area contributed by atoms with Gasteiger partial charge in [0.25, 0.3) is 0 Å². The molecule has 90 heavy (non-hydrogen) atoms. The number of ether oxygens (including phenoxy) is 6. The molecule has 2 saturated heterocycles. The molecule has 3 saturated carbocycles. The van der Waals surface area contributed by atoms with Crippen LogP contribution in [0.15, 0.2) is 36.4 Å². The molecule has 20 heteroatoms. The van der Waals surface area contributed by atoms with Gasteiger partial charge in [0.2, 0.25) is 23.6 Å². The first-order valence-electron chi connectivity index (χ1n) is 35.9. The zero-order valence-corrected chi connectivity index (χ0v) is 56.8. The van der Waals surface area contributed by atoms with E-state index >= 15 is 0 Å². The van der Waals surface area contributed by atoms with Crippen molar-refractivity contribution in [3.63, 3.8) is 0 Å². The largest absolute Gasteiger partial charge is 0.540 e. The number of rotatable bonds is 6. The SMILES string of the molecule is [2H]C1([2H])CCC[C@@H]2C3CC3C[C@H]2OC(=O)C[C@@H](C(C)(C)C)C(=O)N2C[C@H](Oc3nc4cc(OC)ccc4nc3C1([2H])[2H])[C@@H](CC)[C@H]2[C-]=O.[2H]C1([2H])CCC[C@@H]2CCC[C@@]2(C)OC(=O)C[C@@H](C(C)(C)C)C(=O)N2C[C@H](Oc3nc4cc(OC)ccc4nc3C1([2H])[2H])[C@@H](CC)[C@H]2[C-]=O.[V].[V]. The van der Waals surface area contributed by atoms with Gasteiger partial charge in [-0.25, -0.2) is 32.5 Å². The van der Waals surface area contributed by atoms with Crippen LogP contribution in [0.3, 0.4) is 0 Å². The monoisotopic (exact) mass is 1320 g/mol. The van der Waals surface area contributed by atoms with E-state index in [9.17, 15) is 31.5 Å². The van der Waals surface area contributed by atoms with Crippen LogP contribution in [0.2, 0.25) is 0 Å². The summed E-state index contributed by atoms with van der Waals surface area (Å²) in [5, 5.41) is 0. The van der Waals surface area contributed by atoms with Crippen LogP contribution in [0, 0.1) is 58.2 Å². The van der Waals surface area contributed by atoms with Gasteiger partial charge in [-0.15, -0.1) is 0 Å². The molecule has 5 fully saturated rings. The molecular formula is C70H94N6O12V2-2. The molecule has 2 aromatic carbocycles. The Bertz CT molecular complexity index is 3480. The minimum atomic E-state index is -2.64. The molecule has 0 N–H and O–H groups in total. The molecule has 2 unspecified atom stereocenters.